The number of likely N-dealkylation sites (tertiary alicyclic amines) is 1. The SMILES string of the molecule is COCCCN1CCC(CNC(=O)CC2CCNCC2)C1.Cl.Cl. The predicted octanol–water partition coefficient (Wildman–Crippen LogP) is 1.69. The second kappa shape index (κ2) is 13.2. The highest BCUT2D eigenvalue weighted by atomic mass is 35.5. The van der Waals surface area contributed by atoms with Crippen LogP contribution in [0.4, 0.5) is 0 Å². The number of hydrogen-bond acceptors (Lipinski definition) is 4. The van der Waals surface area contributed by atoms with Gasteiger partial charge in [0.05, 0.1) is 0 Å². The Hall–Kier alpha value is -0.0700. The Morgan fingerprint density at radius 1 is 1.22 bits per heavy atom. The highest BCUT2D eigenvalue weighted by molar-refractivity contribution is 5.85. The van der Waals surface area contributed by atoms with Crippen molar-refractivity contribution in [1.29, 1.82) is 0 Å². The molecule has 2 N–H and O–H groups in total. The van der Waals surface area contributed by atoms with E-state index in [0.29, 0.717) is 18.3 Å². The van der Waals surface area contributed by atoms with Gasteiger partial charge >= 0.3 is 0 Å². The van der Waals surface area contributed by atoms with Crippen LogP contribution >= 0.6 is 24.8 Å². The van der Waals surface area contributed by atoms with Crippen LogP contribution in [0, 0.1) is 11.8 Å². The van der Waals surface area contributed by atoms with Crippen LogP contribution in [-0.4, -0.2) is 63.8 Å². The van der Waals surface area contributed by atoms with Crippen LogP contribution in [0.25, 0.3) is 0 Å². The van der Waals surface area contributed by atoms with Crippen LogP contribution in [0.2, 0.25) is 0 Å². The van der Waals surface area contributed by atoms with Crippen LogP contribution < -0.4 is 10.6 Å². The number of ether oxygens (including phenoxy) is 1. The van der Waals surface area contributed by atoms with E-state index in [1.807, 2.05) is 0 Å². The summed E-state index contributed by atoms with van der Waals surface area (Å²) in [5, 5.41) is 6.49. The molecule has 0 bridgehead atoms. The highest BCUT2D eigenvalue weighted by Gasteiger charge is 2.23. The third kappa shape index (κ3) is 9.11. The molecule has 1 amide bonds. The molecule has 2 fully saturated rings. The third-order valence-electron chi connectivity index (χ3n) is 4.71. The molecule has 2 saturated heterocycles. The monoisotopic (exact) mass is 369 g/mol. The fraction of sp³-hybridized carbons (Fsp3) is 0.938. The van der Waals surface area contributed by atoms with Gasteiger partial charge in [0.25, 0.3) is 0 Å². The van der Waals surface area contributed by atoms with E-state index < -0.39 is 0 Å². The minimum atomic E-state index is 0. The number of piperidine rings is 1. The first-order valence-corrected chi connectivity index (χ1v) is 8.46. The lowest BCUT2D eigenvalue weighted by Gasteiger charge is -2.22. The molecule has 138 valence electrons. The molecule has 2 rings (SSSR count). The number of carbonyl (C=O) groups is 1. The molecule has 1 unspecified atom stereocenters. The topological polar surface area (TPSA) is 53.6 Å². The van der Waals surface area contributed by atoms with Crippen LogP contribution in [0.15, 0.2) is 0 Å². The zero-order chi connectivity index (χ0) is 14.9. The Bertz CT molecular complexity index is 316. The molecular weight excluding hydrogens is 337 g/mol. The molecule has 0 spiro atoms. The number of amides is 1. The predicted molar refractivity (Wildman–Crippen MR) is 98.8 cm³/mol. The molecule has 2 aliphatic rings. The van der Waals surface area contributed by atoms with Crippen molar-refractivity contribution in [3.05, 3.63) is 0 Å². The van der Waals surface area contributed by atoms with E-state index in [9.17, 15) is 4.79 Å². The van der Waals surface area contributed by atoms with Crippen molar-refractivity contribution in [2.24, 2.45) is 11.8 Å². The van der Waals surface area contributed by atoms with Gasteiger partial charge in [-0.2, -0.15) is 0 Å². The number of methoxy groups -OCH3 is 1. The van der Waals surface area contributed by atoms with Gasteiger partial charge in [0, 0.05) is 39.8 Å². The number of nitrogens with zero attached hydrogens (tertiary/aromatic N) is 1. The fourth-order valence-electron chi connectivity index (χ4n) is 3.39. The molecular formula is C16H33Cl2N3O2. The van der Waals surface area contributed by atoms with Crippen LogP contribution in [0.5, 0.6) is 0 Å². The van der Waals surface area contributed by atoms with E-state index in [2.05, 4.69) is 15.5 Å². The third-order valence-corrected chi connectivity index (χ3v) is 4.71. The van der Waals surface area contributed by atoms with E-state index in [4.69, 9.17) is 4.74 Å². The molecule has 2 heterocycles. The first-order valence-electron chi connectivity index (χ1n) is 8.46. The first kappa shape index (κ1) is 22.9. The standard InChI is InChI=1S/C16H31N3O2.2ClH/c1-21-10-2-8-19-9-5-15(13-19)12-18-16(20)11-14-3-6-17-7-4-14;;/h14-15,17H,2-13H2,1H3,(H,18,20);2*1H. The number of halogens is 2. The zero-order valence-electron chi connectivity index (χ0n) is 14.2. The minimum absolute atomic E-state index is 0. The summed E-state index contributed by atoms with van der Waals surface area (Å²) in [7, 11) is 1.75. The van der Waals surface area contributed by atoms with E-state index >= 15 is 0 Å². The normalized spacial score (nSPS) is 22.2. The smallest absolute Gasteiger partial charge is 0.220 e. The van der Waals surface area contributed by atoms with Crippen LogP contribution in [0.1, 0.15) is 32.1 Å². The van der Waals surface area contributed by atoms with Gasteiger partial charge in [0.2, 0.25) is 5.91 Å². The Morgan fingerprint density at radius 2 is 1.96 bits per heavy atom. The van der Waals surface area contributed by atoms with Crippen molar-refractivity contribution in [3.8, 4) is 0 Å². The number of carbonyl (C=O) groups excluding carboxylic acids is 1. The second-order valence-corrected chi connectivity index (χ2v) is 6.50. The summed E-state index contributed by atoms with van der Waals surface area (Å²) in [5.74, 6) is 1.46. The lowest BCUT2D eigenvalue weighted by atomic mass is 9.94. The summed E-state index contributed by atoms with van der Waals surface area (Å²) in [6.07, 6.45) is 5.31. The van der Waals surface area contributed by atoms with Crippen molar-refractivity contribution in [1.82, 2.24) is 15.5 Å². The molecule has 0 radical (unpaired) electrons. The molecule has 7 heteroatoms. The first-order chi connectivity index (χ1) is 10.3. The molecule has 2 aliphatic heterocycles. The van der Waals surface area contributed by atoms with Gasteiger partial charge in [-0.25, -0.2) is 0 Å². The van der Waals surface area contributed by atoms with Crippen molar-refractivity contribution in [2.45, 2.75) is 32.1 Å². The molecule has 1 atom stereocenters. The zero-order valence-corrected chi connectivity index (χ0v) is 15.9. The van der Waals surface area contributed by atoms with Gasteiger partial charge in [-0.15, -0.1) is 24.8 Å². The molecule has 0 aromatic carbocycles. The lowest BCUT2D eigenvalue weighted by Crippen LogP contribution is -2.35. The molecule has 0 aromatic rings. The van der Waals surface area contributed by atoms with Crippen LogP contribution in [0.3, 0.4) is 0 Å². The van der Waals surface area contributed by atoms with E-state index in [-0.39, 0.29) is 30.7 Å². The second-order valence-electron chi connectivity index (χ2n) is 6.50. The Kier molecular flexibility index (Phi) is 13.2. The molecule has 0 aliphatic carbocycles. The highest BCUT2D eigenvalue weighted by Crippen LogP contribution is 2.17. The average Bonchev–Trinajstić information content (AvgIpc) is 2.94. The largest absolute Gasteiger partial charge is 0.385 e. The van der Waals surface area contributed by atoms with Crippen LogP contribution in [-0.2, 0) is 9.53 Å². The summed E-state index contributed by atoms with van der Waals surface area (Å²) in [6, 6.07) is 0. The van der Waals surface area contributed by atoms with Gasteiger partial charge in [-0.1, -0.05) is 0 Å². The lowest BCUT2D eigenvalue weighted by molar-refractivity contribution is -0.122. The maximum atomic E-state index is 12.0. The van der Waals surface area contributed by atoms with Gasteiger partial charge in [0.1, 0.15) is 0 Å². The van der Waals surface area contributed by atoms with E-state index in [0.717, 1.165) is 58.6 Å². The maximum absolute atomic E-state index is 12.0. The summed E-state index contributed by atoms with van der Waals surface area (Å²) >= 11 is 0. The van der Waals surface area contributed by atoms with E-state index in [1.165, 1.54) is 13.0 Å². The summed E-state index contributed by atoms with van der Waals surface area (Å²) in [5.41, 5.74) is 0. The van der Waals surface area contributed by atoms with Gasteiger partial charge in [-0.3, -0.25) is 4.79 Å². The summed E-state index contributed by atoms with van der Waals surface area (Å²) in [4.78, 5) is 14.5. The molecule has 23 heavy (non-hydrogen) atoms. The van der Waals surface area contributed by atoms with E-state index in [1.54, 1.807) is 7.11 Å². The molecule has 5 nitrogen and oxygen atoms in total. The Morgan fingerprint density at radius 3 is 2.65 bits per heavy atom. The van der Waals surface area contributed by atoms with Gasteiger partial charge in [0.15, 0.2) is 0 Å². The molecule has 0 aromatic heterocycles. The van der Waals surface area contributed by atoms with Gasteiger partial charge < -0.3 is 20.3 Å². The average molecular weight is 370 g/mol. The Balaban J connectivity index is 0.00000242. The molecule has 0 saturated carbocycles. The quantitative estimate of drug-likeness (QED) is 0.639. The van der Waals surface area contributed by atoms with Crippen molar-refractivity contribution in [2.75, 3.05) is 53.0 Å². The minimum Gasteiger partial charge on any atom is -0.385 e. The van der Waals surface area contributed by atoms with Crippen molar-refractivity contribution < 1.29 is 9.53 Å². The number of rotatable bonds is 8. The fourth-order valence-corrected chi connectivity index (χ4v) is 3.39. The number of hydrogen-bond donors (Lipinski definition) is 2. The van der Waals surface area contributed by atoms with Crippen molar-refractivity contribution in [3.63, 3.8) is 0 Å². The Labute approximate surface area is 153 Å². The maximum Gasteiger partial charge on any atom is 0.220 e. The number of nitrogens with one attached hydrogen (secondary N) is 2. The van der Waals surface area contributed by atoms with Gasteiger partial charge in [-0.05, 0) is 57.2 Å². The summed E-state index contributed by atoms with van der Waals surface area (Å²) in [6.45, 7) is 7.23. The van der Waals surface area contributed by atoms with Crippen molar-refractivity contribution >= 4 is 30.7 Å². The summed E-state index contributed by atoms with van der Waals surface area (Å²) < 4.78 is 5.09.